The number of aliphatic carboxylic acids is 1. The molecule has 0 saturated carbocycles. The summed E-state index contributed by atoms with van der Waals surface area (Å²) in [6.07, 6.45) is 0.750. The molecule has 0 aliphatic rings. The quantitative estimate of drug-likeness (QED) is 0.683. The first-order valence-electron chi connectivity index (χ1n) is 4.35. The van der Waals surface area contributed by atoms with E-state index in [2.05, 4.69) is 25.5 Å². The molecule has 0 bridgehead atoms. The number of hydrogen-bond acceptors (Lipinski definition) is 4. The van der Waals surface area contributed by atoms with Gasteiger partial charge in [0.1, 0.15) is 6.29 Å². The standard InChI is InChI=1S/C4H10.2C2H4O2.C2H4O/c1-4(2)3;1-4-2-3;1-2(3)4;1-2-3/h4H,1-3H3;2H,1H3;1H3,(H,3,4);2H,1H3. The van der Waals surface area contributed by atoms with Crippen LogP contribution in [0.1, 0.15) is 34.6 Å². The number of aldehydes is 1. The first-order chi connectivity index (χ1) is 6.79. The summed E-state index contributed by atoms with van der Waals surface area (Å²) in [6.45, 7) is 9.40. The van der Waals surface area contributed by atoms with Crippen molar-refractivity contribution >= 4 is 18.7 Å². The molecule has 0 saturated heterocycles. The predicted molar refractivity (Wildman–Crippen MR) is 58.6 cm³/mol. The second-order valence-corrected chi connectivity index (χ2v) is 2.82. The van der Waals surface area contributed by atoms with Crippen LogP contribution in [0, 0.1) is 5.92 Å². The Hall–Kier alpha value is -1.39. The normalized spacial score (nSPS) is 6.33. The van der Waals surface area contributed by atoms with Crippen molar-refractivity contribution in [1.29, 1.82) is 0 Å². The molecule has 0 aromatic carbocycles. The molecule has 0 rings (SSSR count). The average Bonchev–Trinajstić information content (AvgIpc) is 2.03. The molecule has 0 aromatic heterocycles. The van der Waals surface area contributed by atoms with Crippen molar-refractivity contribution in [3.05, 3.63) is 0 Å². The molecule has 0 aliphatic heterocycles. The Morgan fingerprint density at radius 3 is 1.33 bits per heavy atom. The van der Waals surface area contributed by atoms with Crippen molar-refractivity contribution in [2.45, 2.75) is 34.6 Å². The largest absolute Gasteiger partial charge is 0.481 e. The number of carboxylic acid groups (broad SMARTS) is 1. The van der Waals surface area contributed by atoms with E-state index in [0.717, 1.165) is 19.1 Å². The number of carboxylic acids is 1. The highest BCUT2D eigenvalue weighted by molar-refractivity contribution is 5.62. The fourth-order valence-electron chi connectivity index (χ4n) is 0. The van der Waals surface area contributed by atoms with Crippen molar-refractivity contribution in [2.24, 2.45) is 5.92 Å². The van der Waals surface area contributed by atoms with Gasteiger partial charge in [-0.3, -0.25) is 9.59 Å². The maximum Gasteiger partial charge on any atom is 0.300 e. The van der Waals surface area contributed by atoms with E-state index in [1.165, 1.54) is 14.0 Å². The van der Waals surface area contributed by atoms with Crippen LogP contribution in [0.25, 0.3) is 0 Å². The Bertz CT molecular complexity index is 125. The summed E-state index contributed by atoms with van der Waals surface area (Å²) in [5.74, 6) is 0. The molecule has 0 radical (unpaired) electrons. The van der Waals surface area contributed by atoms with Crippen molar-refractivity contribution in [1.82, 2.24) is 0 Å². The molecule has 1 N–H and O–H groups in total. The van der Waals surface area contributed by atoms with Crippen LogP contribution in [0.5, 0.6) is 0 Å². The second kappa shape index (κ2) is 29.4. The van der Waals surface area contributed by atoms with Crippen LogP contribution in [0.3, 0.4) is 0 Å². The summed E-state index contributed by atoms with van der Waals surface area (Å²) in [4.78, 5) is 26.8. The fourth-order valence-corrected chi connectivity index (χ4v) is 0. The number of ether oxygens (including phenoxy) is 1. The minimum absolute atomic E-state index is 0.375. The summed E-state index contributed by atoms with van der Waals surface area (Å²) in [7, 11) is 1.31. The smallest absolute Gasteiger partial charge is 0.300 e. The maximum absolute atomic E-state index is 9.00. The number of hydrogen-bond donors (Lipinski definition) is 1. The van der Waals surface area contributed by atoms with E-state index in [1.54, 1.807) is 0 Å². The van der Waals surface area contributed by atoms with Crippen LogP contribution >= 0.6 is 0 Å². The highest BCUT2D eigenvalue weighted by Gasteiger charge is 1.68. The molecule has 0 unspecified atom stereocenters. The molecular formula is C10H22O5. The first-order valence-corrected chi connectivity index (χ1v) is 4.35. The van der Waals surface area contributed by atoms with Gasteiger partial charge in [0.05, 0.1) is 7.11 Å². The van der Waals surface area contributed by atoms with Crippen molar-refractivity contribution < 1.29 is 24.2 Å². The number of methoxy groups -OCH3 is 1. The highest BCUT2D eigenvalue weighted by Crippen LogP contribution is 1.81. The minimum atomic E-state index is -0.833. The van der Waals surface area contributed by atoms with Gasteiger partial charge >= 0.3 is 0 Å². The summed E-state index contributed by atoms with van der Waals surface area (Å²) < 4.78 is 3.86. The second-order valence-electron chi connectivity index (χ2n) is 2.82. The van der Waals surface area contributed by atoms with Crippen LogP contribution < -0.4 is 0 Å². The molecule has 0 heterocycles. The van der Waals surface area contributed by atoms with Crippen molar-refractivity contribution in [2.75, 3.05) is 7.11 Å². The van der Waals surface area contributed by atoms with Crippen LogP contribution in [0.15, 0.2) is 0 Å². The number of carbonyl (C=O) groups excluding carboxylic acids is 2. The molecular weight excluding hydrogens is 200 g/mol. The van der Waals surface area contributed by atoms with Gasteiger partial charge in [0.15, 0.2) is 0 Å². The number of carbonyl (C=O) groups is 3. The van der Waals surface area contributed by atoms with Crippen LogP contribution in [-0.4, -0.2) is 30.9 Å². The molecule has 92 valence electrons. The van der Waals surface area contributed by atoms with Crippen molar-refractivity contribution in [3.8, 4) is 0 Å². The average molecular weight is 222 g/mol. The van der Waals surface area contributed by atoms with E-state index in [1.807, 2.05) is 0 Å². The molecule has 5 heteroatoms. The molecule has 0 amide bonds. The zero-order chi connectivity index (χ0) is 13.3. The van der Waals surface area contributed by atoms with Gasteiger partial charge < -0.3 is 14.6 Å². The lowest BCUT2D eigenvalue weighted by atomic mass is 10.3. The SMILES string of the molecule is CC(=O)O.CC(C)C.CC=O.COC=O. The topological polar surface area (TPSA) is 80.7 Å². The molecule has 0 aliphatic carbocycles. The third-order valence-corrected chi connectivity index (χ3v) is 0.0962. The van der Waals surface area contributed by atoms with E-state index < -0.39 is 5.97 Å². The lowest BCUT2D eigenvalue weighted by molar-refractivity contribution is -0.134. The Morgan fingerprint density at radius 2 is 1.33 bits per heavy atom. The molecule has 0 spiro atoms. The van der Waals surface area contributed by atoms with Crippen LogP contribution in [0.4, 0.5) is 0 Å². The van der Waals surface area contributed by atoms with E-state index in [0.29, 0.717) is 6.47 Å². The van der Waals surface area contributed by atoms with E-state index in [4.69, 9.17) is 19.5 Å². The van der Waals surface area contributed by atoms with Gasteiger partial charge in [0, 0.05) is 6.92 Å². The van der Waals surface area contributed by atoms with Gasteiger partial charge in [-0.1, -0.05) is 20.8 Å². The fraction of sp³-hybridized carbons (Fsp3) is 0.700. The minimum Gasteiger partial charge on any atom is -0.481 e. The predicted octanol–water partition coefficient (Wildman–Crippen LogP) is 1.75. The van der Waals surface area contributed by atoms with Gasteiger partial charge in [-0.15, -0.1) is 0 Å². The Morgan fingerprint density at radius 1 is 1.27 bits per heavy atom. The molecule has 0 atom stereocenters. The van der Waals surface area contributed by atoms with Crippen LogP contribution in [-0.2, 0) is 19.1 Å². The number of rotatable bonds is 1. The third kappa shape index (κ3) is 9330. The van der Waals surface area contributed by atoms with Crippen LogP contribution in [0.2, 0.25) is 0 Å². The maximum atomic E-state index is 9.00. The summed E-state index contributed by atoms with van der Waals surface area (Å²) in [5, 5.41) is 7.42. The molecule has 0 fully saturated rings. The first kappa shape index (κ1) is 23.4. The molecule has 0 aromatic rings. The zero-order valence-corrected chi connectivity index (χ0v) is 10.3. The Balaban J connectivity index is -0.0000000542. The molecule has 15 heavy (non-hydrogen) atoms. The Kier molecular flexibility index (Phi) is 45.9. The lowest BCUT2D eigenvalue weighted by Crippen LogP contribution is -1.78. The van der Waals surface area contributed by atoms with Crippen molar-refractivity contribution in [3.63, 3.8) is 0 Å². The third-order valence-electron chi connectivity index (χ3n) is 0.0962. The van der Waals surface area contributed by atoms with E-state index >= 15 is 0 Å². The van der Waals surface area contributed by atoms with Gasteiger partial charge in [0.25, 0.3) is 12.4 Å². The highest BCUT2D eigenvalue weighted by atomic mass is 16.5. The summed E-state index contributed by atoms with van der Waals surface area (Å²) in [5.41, 5.74) is 0. The van der Waals surface area contributed by atoms with Gasteiger partial charge in [-0.2, -0.15) is 0 Å². The lowest BCUT2D eigenvalue weighted by Gasteiger charge is -1.79. The van der Waals surface area contributed by atoms with Gasteiger partial charge in [0.2, 0.25) is 0 Å². The van der Waals surface area contributed by atoms with E-state index in [9.17, 15) is 0 Å². The monoisotopic (exact) mass is 222 g/mol. The summed E-state index contributed by atoms with van der Waals surface area (Å²) >= 11 is 0. The molecule has 5 nitrogen and oxygen atoms in total. The zero-order valence-electron chi connectivity index (χ0n) is 10.3. The Labute approximate surface area is 91.4 Å². The van der Waals surface area contributed by atoms with Gasteiger partial charge in [-0.05, 0) is 12.8 Å². The van der Waals surface area contributed by atoms with Gasteiger partial charge in [-0.25, -0.2) is 0 Å². The van der Waals surface area contributed by atoms with E-state index in [-0.39, 0.29) is 0 Å². The summed E-state index contributed by atoms with van der Waals surface area (Å²) in [6, 6.07) is 0.